The number of carboxylic acids is 1. The van der Waals surface area contributed by atoms with Crippen LogP contribution in [0.2, 0.25) is 0 Å². The molecule has 0 saturated carbocycles. The molecule has 1 unspecified atom stereocenters. The third-order valence-corrected chi connectivity index (χ3v) is 3.53. The summed E-state index contributed by atoms with van der Waals surface area (Å²) in [5.41, 5.74) is 0.782. The Hall–Kier alpha value is -1.62. The molecule has 0 aliphatic rings. The molecule has 0 amide bonds. The van der Waals surface area contributed by atoms with Gasteiger partial charge in [0, 0.05) is 24.3 Å². The predicted octanol–water partition coefficient (Wildman–Crippen LogP) is 2.90. The monoisotopic (exact) mass is 294 g/mol. The van der Waals surface area contributed by atoms with Gasteiger partial charge in [0.15, 0.2) is 0 Å². The molecule has 0 aromatic carbocycles. The van der Waals surface area contributed by atoms with Crippen LogP contribution in [0.3, 0.4) is 0 Å². The molecule has 118 valence electrons. The van der Waals surface area contributed by atoms with Crippen LogP contribution >= 0.6 is 0 Å². The second-order valence-corrected chi connectivity index (χ2v) is 6.35. The number of aliphatic hydroxyl groups excluding tert-OH is 1. The van der Waals surface area contributed by atoms with Crippen LogP contribution in [0.4, 0.5) is 5.82 Å². The van der Waals surface area contributed by atoms with Crippen LogP contribution in [0, 0.1) is 5.92 Å². The van der Waals surface area contributed by atoms with Crippen molar-refractivity contribution in [2.45, 2.75) is 46.0 Å². The molecule has 21 heavy (non-hydrogen) atoms. The number of hydrogen-bond acceptors (Lipinski definition) is 4. The highest BCUT2D eigenvalue weighted by molar-refractivity contribution is 5.88. The molecule has 1 rings (SSSR count). The lowest BCUT2D eigenvalue weighted by atomic mass is 9.90. The molecular weight excluding hydrogens is 268 g/mol. The second kappa shape index (κ2) is 7.41. The van der Waals surface area contributed by atoms with Gasteiger partial charge in [-0.15, -0.1) is 0 Å². The van der Waals surface area contributed by atoms with E-state index in [-0.39, 0.29) is 17.6 Å². The number of aliphatic hydroxyl groups is 1. The minimum absolute atomic E-state index is 0.163. The lowest BCUT2D eigenvalue weighted by molar-refractivity contribution is 0.0696. The quantitative estimate of drug-likeness (QED) is 0.720. The molecular formula is C16H26N2O3. The largest absolute Gasteiger partial charge is 0.478 e. The van der Waals surface area contributed by atoms with Gasteiger partial charge in [-0.3, -0.25) is 0 Å². The van der Waals surface area contributed by atoms with Gasteiger partial charge in [0.05, 0.1) is 5.56 Å². The fourth-order valence-corrected chi connectivity index (χ4v) is 2.01. The van der Waals surface area contributed by atoms with E-state index >= 15 is 0 Å². The smallest absolute Gasteiger partial charge is 0.335 e. The standard InChI is InChI=1S/C16H26N2O3/c1-5-11(6-7-19)10-17-14-9-12(15(20)21)8-13(18-14)16(2,3)4/h8-9,11,19H,5-7,10H2,1-4H3,(H,17,18)(H,20,21). The van der Waals surface area contributed by atoms with E-state index in [0.717, 1.165) is 18.5 Å². The number of rotatable bonds is 7. The molecule has 1 atom stereocenters. The van der Waals surface area contributed by atoms with Gasteiger partial charge >= 0.3 is 5.97 Å². The molecule has 1 aromatic heterocycles. The molecule has 1 heterocycles. The second-order valence-electron chi connectivity index (χ2n) is 6.35. The van der Waals surface area contributed by atoms with E-state index in [9.17, 15) is 9.90 Å². The van der Waals surface area contributed by atoms with Crippen LogP contribution in [0.15, 0.2) is 12.1 Å². The Kier molecular flexibility index (Phi) is 6.15. The van der Waals surface area contributed by atoms with Crippen molar-refractivity contribution in [3.05, 3.63) is 23.4 Å². The topological polar surface area (TPSA) is 82.5 Å². The summed E-state index contributed by atoms with van der Waals surface area (Å²) >= 11 is 0. The van der Waals surface area contributed by atoms with Crippen molar-refractivity contribution in [1.29, 1.82) is 0 Å². The number of aromatic carboxylic acids is 1. The van der Waals surface area contributed by atoms with E-state index in [4.69, 9.17) is 5.11 Å². The van der Waals surface area contributed by atoms with Gasteiger partial charge in [0.2, 0.25) is 0 Å². The average Bonchev–Trinajstić information content (AvgIpc) is 2.42. The van der Waals surface area contributed by atoms with Gasteiger partial charge < -0.3 is 15.5 Å². The summed E-state index contributed by atoms with van der Waals surface area (Å²) in [6, 6.07) is 3.18. The van der Waals surface area contributed by atoms with Crippen molar-refractivity contribution in [1.82, 2.24) is 4.98 Å². The molecule has 0 fully saturated rings. The molecule has 1 aromatic rings. The number of carboxylic acid groups (broad SMARTS) is 1. The van der Waals surface area contributed by atoms with Crippen molar-refractivity contribution < 1.29 is 15.0 Å². The maximum Gasteiger partial charge on any atom is 0.335 e. The first-order valence-corrected chi connectivity index (χ1v) is 7.38. The molecule has 0 radical (unpaired) electrons. The van der Waals surface area contributed by atoms with Crippen molar-refractivity contribution in [3.8, 4) is 0 Å². The third-order valence-electron chi connectivity index (χ3n) is 3.53. The summed E-state index contributed by atoms with van der Waals surface area (Å²) in [5, 5.41) is 21.4. The Morgan fingerprint density at radius 2 is 2.05 bits per heavy atom. The summed E-state index contributed by atoms with van der Waals surface area (Å²) in [5.74, 6) is -0.0204. The molecule has 0 aliphatic carbocycles. The Bertz CT molecular complexity index is 481. The number of pyridine rings is 1. The zero-order valence-corrected chi connectivity index (χ0v) is 13.3. The Labute approximate surface area is 126 Å². The number of nitrogens with zero attached hydrogens (tertiary/aromatic N) is 1. The van der Waals surface area contributed by atoms with Crippen LogP contribution in [0.25, 0.3) is 0 Å². The minimum Gasteiger partial charge on any atom is -0.478 e. The predicted molar refractivity (Wildman–Crippen MR) is 83.9 cm³/mol. The summed E-state index contributed by atoms with van der Waals surface area (Å²) in [7, 11) is 0. The van der Waals surface area contributed by atoms with Gasteiger partial charge in [0.1, 0.15) is 5.82 Å². The molecule has 5 nitrogen and oxygen atoms in total. The lowest BCUT2D eigenvalue weighted by Gasteiger charge is -2.20. The first kappa shape index (κ1) is 17.4. The Morgan fingerprint density at radius 1 is 1.38 bits per heavy atom. The molecule has 3 N–H and O–H groups in total. The van der Waals surface area contributed by atoms with E-state index in [1.54, 1.807) is 12.1 Å². The van der Waals surface area contributed by atoms with Gasteiger partial charge in [-0.2, -0.15) is 0 Å². The molecule has 5 heteroatoms. The molecule has 0 saturated heterocycles. The van der Waals surface area contributed by atoms with Crippen LogP contribution in [0.1, 0.15) is 56.6 Å². The summed E-state index contributed by atoms with van der Waals surface area (Å²) in [6.45, 7) is 8.93. The van der Waals surface area contributed by atoms with E-state index in [0.29, 0.717) is 18.3 Å². The highest BCUT2D eigenvalue weighted by atomic mass is 16.4. The molecule has 0 spiro atoms. The summed E-state index contributed by atoms with van der Waals surface area (Å²) in [6.07, 6.45) is 1.69. The van der Waals surface area contributed by atoms with Crippen molar-refractivity contribution in [2.24, 2.45) is 5.92 Å². The van der Waals surface area contributed by atoms with Crippen LogP contribution in [-0.2, 0) is 5.41 Å². The zero-order chi connectivity index (χ0) is 16.0. The maximum absolute atomic E-state index is 11.2. The van der Waals surface area contributed by atoms with Crippen LogP contribution in [-0.4, -0.2) is 34.3 Å². The summed E-state index contributed by atoms with van der Waals surface area (Å²) < 4.78 is 0. The normalized spacial score (nSPS) is 13.0. The van der Waals surface area contributed by atoms with Gasteiger partial charge in [-0.25, -0.2) is 9.78 Å². The Morgan fingerprint density at radius 3 is 2.52 bits per heavy atom. The fourth-order valence-electron chi connectivity index (χ4n) is 2.01. The molecule has 0 bridgehead atoms. The molecule has 0 aliphatic heterocycles. The first-order valence-electron chi connectivity index (χ1n) is 7.38. The van der Waals surface area contributed by atoms with Gasteiger partial charge in [-0.1, -0.05) is 34.1 Å². The summed E-state index contributed by atoms with van der Waals surface area (Å²) in [4.78, 5) is 15.8. The number of nitrogens with one attached hydrogen (secondary N) is 1. The van der Waals surface area contributed by atoms with Crippen molar-refractivity contribution in [2.75, 3.05) is 18.5 Å². The fraction of sp³-hybridized carbons (Fsp3) is 0.625. The highest BCUT2D eigenvalue weighted by Gasteiger charge is 2.19. The van der Waals surface area contributed by atoms with Crippen molar-refractivity contribution in [3.63, 3.8) is 0 Å². The average molecular weight is 294 g/mol. The number of hydrogen-bond donors (Lipinski definition) is 3. The minimum atomic E-state index is -0.951. The first-order chi connectivity index (χ1) is 9.77. The SMILES string of the molecule is CCC(CCO)CNc1cc(C(=O)O)cc(C(C)(C)C)n1. The van der Waals surface area contributed by atoms with E-state index < -0.39 is 5.97 Å². The van der Waals surface area contributed by atoms with Crippen molar-refractivity contribution >= 4 is 11.8 Å². The van der Waals surface area contributed by atoms with Gasteiger partial charge in [0.25, 0.3) is 0 Å². The number of carbonyl (C=O) groups is 1. The van der Waals surface area contributed by atoms with E-state index in [1.807, 2.05) is 20.8 Å². The van der Waals surface area contributed by atoms with Gasteiger partial charge in [-0.05, 0) is 24.5 Å². The number of aromatic nitrogens is 1. The van der Waals surface area contributed by atoms with E-state index in [1.165, 1.54) is 0 Å². The van der Waals surface area contributed by atoms with E-state index in [2.05, 4.69) is 17.2 Å². The van der Waals surface area contributed by atoms with Crippen LogP contribution in [0.5, 0.6) is 0 Å². The zero-order valence-electron chi connectivity index (χ0n) is 13.3. The van der Waals surface area contributed by atoms with Crippen LogP contribution < -0.4 is 5.32 Å². The lowest BCUT2D eigenvalue weighted by Crippen LogP contribution is -2.19. The highest BCUT2D eigenvalue weighted by Crippen LogP contribution is 2.23. The Balaban J connectivity index is 2.95. The maximum atomic E-state index is 11.2. The third kappa shape index (κ3) is 5.34. The number of anilines is 1.